The van der Waals surface area contributed by atoms with Crippen molar-refractivity contribution in [2.24, 2.45) is 5.92 Å². The maximum atomic E-state index is 5.59. The van der Waals surface area contributed by atoms with Crippen LogP contribution in [0.3, 0.4) is 0 Å². The summed E-state index contributed by atoms with van der Waals surface area (Å²) in [4.78, 5) is 20.9. The Bertz CT molecular complexity index is 1390. The number of hydrogen-bond acceptors (Lipinski definition) is 7. The molecule has 2 aromatic heterocycles. The zero-order valence-electron chi connectivity index (χ0n) is 23.5. The number of piperazine rings is 1. The third kappa shape index (κ3) is 5.28. The van der Waals surface area contributed by atoms with Gasteiger partial charge in [0.2, 0.25) is 0 Å². The van der Waals surface area contributed by atoms with E-state index in [1.807, 2.05) is 11.3 Å². The lowest BCUT2D eigenvalue weighted by Gasteiger charge is -2.40. The summed E-state index contributed by atoms with van der Waals surface area (Å²) >= 11 is 1.93. The molecule has 7 heteroatoms. The Kier molecular flexibility index (Phi) is 7.54. The van der Waals surface area contributed by atoms with Gasteiger partial charge in [0.25, 0.3) is 0 Å². The van der Waals surface area contributed by atoms with Crippen molar-refractivity contribution in [1.82, 2.24) is 19.8 Å². The van der Waals surface area contributed by atoms with E-state index in [9.17, 15) is 0 Å². The molecule has 0 radical (unpaired) electrons. The van der Waals surface area contributed by atoms with Gasteiger partial charge >= 0.3 is 0 Å². The second-order valence-electron chi connectivity index (χ2n) is 11.6. The van der Waals surface area contributed by atoms with Gasteiger partial charge in [-0.05, 0) is 41.9 Å². The highest BCUT2D eigenvalue weighted by atomic mass is 32.1. The molecule has 1 atom stereocenters. The molecule has 0 bridgehead atoms. The van der Waals surface area contributed by atoms with Crippen LogP contribution < -0.4 is 4.90 Å². The van der Waals surface area contributed by atoms with Crippen molar-refractivity contribution in [2.75, 3.05) is 57.4 Å². The number of rotatable bonds is 6. The summed E-state index contributed by atoms with van der Waals surface area (Å²) in [5.74, 6) is 2.89. The van der Waals surface area contributed by atoms with E-state index < -0.39 is 0 Å². The Balaban J connectivity index is 1.19. The summed E-state index contributed by atoms with van der Waals surface area (Å²) in [6.45, 7) is 10.6. The van der Waals surface area contributed by atoms with Crippen molar-refractivity contribution in [1.29, 1.82) is 0 Å². The second kappa shape index (κ2) is 11.6. The number of aryl methyl sites for hydroxylation is 1. The molecule has 4 heterocycles. The van der Waals surface area contributed by atoms with Crippen molar-refractivity contribution in [3.8, 4) is 0 Å². The number of benzene rings is 2. The minimum absolute atomic E-state index is 0.266. The van der Waals surface area contributed by atoms with Crippen molar-refractivity contribution in [3.63, 3.8) is 0 Å². The normalized spacial score (nSPS) is 20.8. The number of ether oxygens (including phenoxy) is 1. The quantitative estimate of drug-likeness (QED) is 0.312. The van der Waals surface area contributed by atoms with Gasteiger partial charge in [-0.3, -0.25) is 9.80 Å². The molecule has 6 nitrogen and oxygen atoms in total. The number of anilines is 1. The Morgan fingerprint density at radius 2 is 1.55 bits per heavy atom. The molecule has 2 aliphatic heterocycles. The Hall–Kier alpha value is -2.84. The van der Waals surface area contributed by atoms with E-state index >= 15 is 0 Å². The fourth-order valence-corrected chi connectivity index (χ4v) is 8.10. The highest BCUT2D eigenvalue weighted by molar-refractivity contribution is 7.19. The molecular weight excluding hydrogens is 514 g/mol. The molecule has 0 amide bonds. The summed E-state index contributed by atoms with van der Waals surface area (Å²) in [5.41, 5.74) is 4.25. The molecular formula is C33H39N5OS. The first-order valence-corrected chi connectivity index (χ1v) is 15.7. The maximum Gasteiger partial charge on any atom is 0.146 e. The largest absolute Gasteiger partial charge is 0.379 e. The lowest BCUT2D eigenvalue weighted by Crippen LogP contribution is -2.48. The molecule has 0 spiro atoms. The van der Waals surface area contributed by atoms with Crippen LogP contribution in [-0.4, -0.2) is 72.3 Å². The number of thiophene rings is 1. The van der Waals surface area contributed by atoms with Crippen LogP contribution in [0.15, 0.2) is 60.7 Å². The number of aromatic nitrogens is 2. The number of morpholine rings is 1. The van der Waals surface area contributed by atoms with E-state index in [-0.39, 0.29) is 6.04 Å². The predicted molar refractivity (Wildman–Crippen MR) is 163 cm³/mol. The van der Waals surface area contributed by atoms with Crippen molar-refractivity contribution >= 4 is 27.4 Å². The van der Waals surface area contributed by atoms with Crippen LogP contribution in [0, 0.1) is 5.92 Å². The zero-order chi connectivity index (χ0) is 26.9. The third-order valence-electron chi connectivity index (χ3n) is 8.86. The standard InChI is InChI=1S/C33H39N5OS/c1-24-12-13-27-28(22-24)40-33-30(27)32(34-29(35-33)23-36-18-20-39-21-19-36)38-16-14-37(15-17-38)31(25-8-4-2-5-9-25)26-10-6-3-7-11-26/h2-11,24,31H,12-23H2,1H3/t24-/m1/s1. The highest BCUT2D eigenvalue weighted by Crippen LogP contribution is 2.41. The molecule has 7 rings (SSSR count). The minimum Gasteiger partial charge on any atom is -0.379 e. The molecule has 0 saturated carbocycles. The van der Waals surface area contributed by atoms with E-state index in [0.717, 1.165) is 77.2 Å². The fraction of sp³-hybridized carbons (Fsp3) is 0.455. The highest BCUT2D eigenvalue weighted by Gasteiger charge is 2.30. The Morgan fingerprint density at radius 3 is 2.23 bits per heavy atom. The number of fused-ring (bicyclic) bond motifs is 3. The van der Waals surface area contributed by atoms with Crippen molar-refractivity contribution < 1.29 is 4.74 Å². The Morgan fingerprint density at radius 1 is 0.875 bits per heavy atom. The molecule has 208 valence electrons. The Labute approximate surface area is 241 Å². The molecule has 4 aromatic rings. The monoisotopic (exact) mass is 553 g/mol. The molecule has 0 unspecified atom stereocenters. The van der Waals surface area contributed by atoms with Gasteiger partial charge in [-0.1, -0.05) is 67.6 Å². The van der Waals surface area contributed by atoms with Crippen LogP contribution in [0.1, 0.15) is 46.8 Å². The van der Waals surface area contributed by atoms with Crippen LogP contribution in [0.25, 0.3) is 10.2 Å². The SMILES string of the molecule is C[C@@H]1CCc2c(sc3nc(CN4CCOCC4)nc(N4CCN(C(c5ccccc5)c5ccccc5)CC4)c23)C1. The van der Waals surface area contributed by atoms with Gasteiger partial charge in [0, 0.05) is 44.1 Å². The molecule has 40 heavy (non-hydrogen) atoms. The van der Waals surface area contributed by atoms with Crippen LogP contribution in [0.5, 0.6) is 0 Å². The molecule has 2 fully saturated rings. The van der Waals surface area contributed by atoms with Gasteiger partial charge in [-0.2, -0.15) is 0 Å². The average molecular weight is 554 g/mol. The van der Waals surface area contributed by atoms with E-state index in [2.05, 4.69) is 82.3 Å². The fourth-order valence-electron chi connectivity index (χ4n) is 6.70. The van der Waals surface area contributed by atoms with Gasteiger partial charge in [0.1, 0.15) is 16.5 Å². The minimum atomic E-state index is 0.266. The van der Waals surface area contributed by atoms with Gasteiger partial charge < -0.3 is 9.64 Å². The first-order valence-electron chi connectivity index (χ1n) is 14.9. The van der Waals surface area contributed by atoms with Crippen LogP contribution in [-0.2, 0) is 24.1 Å². The van der Waals surface area contributed by atoms with Crippen LogP contribution in [0.2, 0.25) is 0 Å². The lowest BCUT2D eigenvalue weighted by molar-refractivity contribution is 0.0331. The van der Waals surface area contributed by atoms with Crippen molar-refractivity contribution in [2.45, 2.75) is 38.8 Å². The number of nitrogens with zero attached hydrogens (tertiary/aromatic N) is 5. The third-order valence-corrected chi connectivity index (χ3v) is 10.0. The maximum absolute atomic E-state index is 5.59. The van der Waals surface area contributed by atoms with Crippen LogP contribution >= 0.6 is 11.3 Å². The summed E-state index contributed by atoms with van der Waals surface area (Å²) in [7, 11) is 0. The van der Waals surface area contributed by atoms with E-state index in [4.69, 9.17) is 14.7 Å². The topological polar surface area (TPSA) is 44.7 Å². The van der Waals surface area contributed by atoms with Gasteiger partial charge in [-0.25, -0.2) is 9.97 Å². The van der Waals surface area contributed by atoms with Gasteiger partial charge in [0.05, 0.1) is 31.2 Å². The summed E-state index contributed by atoms with van der Waals surface area (Å²) < 4.78 is 5.59. The average Bonchev–Trinajstić information content (AvgIpc) is 3.36. The zero-order valence-corrected chi connectivity index (χ0v) is 24.3. The van der Waals surface area contributed by atoms with E-state index in [1.54, 1.807) is 4.88 Å². The molecule has 2 saturated heterocycles. The molecule has 1 aliphatic carbocycles. The van der Waals surface area contributed by atoms with E-state index in [0.29, 0.717) is 0 Å². The predicted octanol–water partition coefficient (Wildman–Crippen LogP) is 5.56. The molecule has 2 aromatic carbocycles. The summed E-state index contributed by atoms with van der Waals surface area (Å²) in [6.07, 6.45) is 3.59. The molecule has 3 aliphatic rings. The first kappa shape index (κ1) is 26.1. The first-order chi connectivity index (χ1) is 19.7. The number of hydrogen-bond donors (Lipinski definition) is 0. The summed E-state index contributed by atoms with van der Waals surface area (Å²) in [5, 5.41) is 1.34. The smallest absolute Gasteiger partial charge is 0.146 e. The van der Waals surface area contributed by atoms with Crippen molar-refractivity contribution in [3.05, 3.63) is 88.1 Å². The molecule has 0 N–H and O–H groups in total. The van der Waals surface area contributed by atoms with Gasteiger partial charge in [-0.15, -0.1) is 11.3 Å². The van der Waals surface area contributed by atoms with E-state index in [1.165, 1.54) is 45.6 Å². The second-order valence-corrected chi connectivity index (χ2v) is 12.7. The summed E-state index contributed by atoms with van der Waals surface area (Å²) in [6, 6.07) is 22.2. The lowest BCUT2D eigenvalue weighted by atomic mass is 9.89. The van der Waals surface area contributed by atoms with Gasteiger partial charge in [0.15, 0.2) is 0 Å². The van der Waals surface area contributed by atoms with Crippen LogP contribution in [0.4, 0.5) is 5.82 Å².